The summed E-state index contributed by atoms with van der Waals surface area (Å²) in [6.45, 7) is 0. The molecule has 0 bridgehead atoms. The first-order chi connectivity index (χ1) is 7.70. The Morgan fingerprint density at radius 3 is 2.81 bits per heavy atom. The summed E-state index contributed by atoms with van der Waals surface area (Å²) in [6, 6.07) is 7.11. The molecule has 82 valence electrons. The zero-order valence-electron chi connectivity index (χ0n) is 8.51. The van der Waals surface area contributed by atoms with E-state index in [-0.39, 0.29) is 11.6 Å². The highest BCUT2D eigenvalue weighted by atomic mass is 35.5. The normalized spacial score (nSPS) is 10.1. The maximum Gasteiger partial charge on any atom is 0.280 e. The second kappa shape index (κ2) is 4.32. The first-order valence-corrected chi connectivity index (χ1v) is 4.96. The largest absolute Gasteiger partial charge is 0.309 e. The first kappa shape index (κ1) is 10.6. The Morgan fingerprint density at radius 2 is 2.19 bits per heavy atom. The third-order valence-electron chi connectivity index (χ3n) is 2.15. The molecule has 0 atom stereocenters. The predicted octanol–water partition coefficient (Wildman–Crippen LogP) is 1.73. The lowest BCUT2D eigenvalue weighted by atomic mass is 10.3. The molecule has 0 aliphatic carbocycles. The van der Waals surface area contributed by atoms with Gasteiger partial charge in [0.2, 0.25) is 0 Å². The van der Waals surface area contributed by atoms with Gasteiger partial charge in [0.1, 0.15) is 0 Å². The van der Waals surface area contributed by atoms with Crippen LogP contribution in [0.2, 0.25) is 5.02 Å². The number of anilines is 1. The molecule has 1 amide bonds. The standard InChI is InChI=1S/C10H9ClN4O/c1-15(9-5-3-2-4-7(9)11)10(16)8-6-12-14-13-8/h2-6H,1H3,(H,12,13,14). The number of nitrogens with one attached hydrogen (secondary N) is 1. The molecule has 0 saturated carbocycles. The molecule has 0 aliphatic heterocycles. The van der Waals surface area contributed by atoms with Gasteiger partial charge in [0.25, 0.3) is 5.91 Å². The van der Waals surface area contributed by atoms with Crippen LogP contribution >= 0.6 is 11.6 Å². The molecule has 0 saturated heterocycles. The topological polar surface area (TPSA) is 61.9 Å². The van der Waals surface area contributed by atoms with Crippen LogP contribution in [0.15, 0.2) is 30.5 Å². The quantitative estimate of drug-likeness (QED) is 0.864. The number of carbonyl (C=O) groups is 1. The Balaban J connectivity index is 2.30. The van der Waals surface area contributed by atoms with Gasteiger partial charge in [0.15, 0.2) is 5.69 Å². The first-order valence-electron chi connectivity index (χ1n) is 4.58. The number of halogens is 1. The summed E-state index contributed by atoms with van der Waals surface area (Å²) in [5.41, 5.74) is 0.889. The summed E-state index contributed by atoms with van der Waals surface area (Å²) in [5, 5.41) is 10.2. The zero-order chi connectivity index (χ0) is 11.5. The van der Waals surface area contributed by atoms with E-state index in [2.05, 4.69) is 15.4 Å². The van der Waals surface area contributed by atoms with Crippen molar-refractivity contribution in [2.45, 2.75) is 0 Å². The van der Waals surface area contributed by atoms with Gasteiger partial charge in [0.05, 0.1) is 16.9 Å². The molecule has 0 fully saturated rings. The zero-order valence-corrected chi connectivity index (χ0v) is 9.27. The van der Waals surface area contributed by atoms with Crippen LogP contribution in [0.4, 0.5) is 5.69 Å². The van der Waals surface area contributed by atoms with Gasteiger partial charge in [-0.2, -0.15) is 15.4 Å². The minimum absolute atomic E-state index is 0.252. The molecule has 1 aromatic carbocycles. The van der Waals surface area contributed by atoms with Crippen molar-refractivity contribution in [3.8, 4) is 0 Å². The van der Waals surface area contributed by atoms with Crippen molar-refractivity contribution in [2.24, 2.45) is 0 Å². The molecule has 0 radical (unpaired) electrons. The van der Waals surface area contributed by atoms with Crippen molar-refractivity contribution in [2.75, 3.05) is 11.9 Å². The monoisotopic (exact) mass is 236 g/mol. The number of amides is 1. The van der Waals surface area contributed by atoms with Gasteiger partial charge in [0, 0.05) is 7.05 Å². The lowest BCUT2D eigenvalue weighted by molar-refractivity contribution is 0.0988. The molecular weight excluding hydrogens is 228 g/mol. The number of rotatable bonds is 2. The van der Waals surface area contributed by atoms with Crippen molar-refractivity contribution < 1.29 is 4.79 Å². The summed E-state index contributed by atoms with van der Waals surface area (Å²) in [6.07, 6.45) is 1.37. The minimum atomic E-state index is -0.262. The van der Waals surface area contributed by atoms with Crippen molar-refractivity contribution in [3.05, 3.63) is 41.2 Å². The third kappa shape index (κ3) is 1.90. The van der Waals surface area contributed by atoms with Gasteiger partial charge in [-0.25, -0.2) is 0 Å². The molecule has 1 aromatic heterocycles. The van der Waals surface area contributed by atoms with E-state index in [9.17, 15) is 4.79 Å². The number of benzene rings is 1. The van der Waals surface area contributed by atoms with Gasteiger partial charge in [-0.15, -0.1) is 0 Å². The average molecular weight is 237 g/mol. The van der Waals surface area contributed by atoms with Gasteiger partial charge >= 0.3 is 0 Å². The predicted molar refractivity (Wildman–Crippen MR) is 60.6 cm³/mol. The molecular formula is C10H9ClN4O. The number of aromatic amines is 1. The molecule has 16 heavy (non-hydrogen) atoms. The molecule has 0 spiro atoms. The Hall–Kier alpha value is -1.88. The van der Waals surface area contributed by atoms with Crippen LogP contribution in [0.1, 0.15) is 10.5 Å². The van der Waals surface area contributed by atoms with Crippen LogP contribution in [-0.4, -0.2) is 28.4 Å². The summed E-state index contributed by atoms with van der Waals surface area (Å²) < 4.78 is 0. The van der Waals surface area contributed by atoms with Crippen molar-refractivity contribution >= 4 is 23.2 Å². The van der Waals surface area contributed by atoms with E-state index in [1.807, 2.05) is 6.07 Å². The van der Waals surface area contributed by atoms with Gasteiger partial charge in [-0.3, -0.25) is 4.79 Å². The Labute approximate surface area is 97.0 Å². The summed E-state index contributed by atoms with van der Waals surface area (Å²) in [7, 11) is 1.64. The van der Waals surface area contributed by atoms with E-state index in [0.29, 0.717) is 10.7 Å². The van der Waals surface area contributed by atoms with Crippen LogP contribution in [-0.2, 0) is 0 Å². The lowest BCUT2D eigenvalue weighted by Gasteiger charge is -2.16. The van der Waals surface area contributed by atoms with Crippen LogP contribution in [0.3, 0.4) is 0 Å². The molecule has 0 aliphatic rings. The number of H-pyrrole nitrogens is 1. The average Bonchev–Trinajstić information content (AvgIpc) is 2.81. The highest BCUT2D eigenvalue weighted by Gasteiger charge is 2.17. The van der Waals surface area contributed by atoms with Crippen LogP contribution in [0.25, 0.3) is 0 Å². The van der Waals surface area contributed by atoms with E-state index in [4.69, 9.17) is 11.6 Å². The summed E-state index contributed by atoms with van der Waals surface area (Å²) >= 11 is 5.99. The molecule has 0 unspecified atom stereocenters. The molecule has 5 nitrogen and oxygen atoms in total. The van der Waals surface area contributed by atoms with Gasteiger partial charge in [-0.05, 0) is 12.1 Å². The van der Waals surface area contributed by atoms with Crippen LogP contribution in [0, 0.1) is 0 Å². The molecule has 2 rings (SSSR count). The Kier molecular flexibility index (Phi) is 2.87. The molecule has 2 aromatic rings. The van der Waals surface area contributed by atoms with Crippen molar-refractivity contribution in [3.63, 3.8) is 0 Å². The highest BCUT2D eigenvalue weighted by Crippen LogP contribution is 2.24. The third-order valence-corrected chi connectivity index (χ3v) is 2.47. The second-order valence-corrected chi connectivity index (χ2v) is 3.58. The van der Waals surface area contributed by atoms with E-state index in [1.54, 1.807) is 25.2 Å². The van der Waals surface area contributed by atoms with Crippen molar-refractivity contribution in [1.82, 2.24) is 15.4 Å². The lowest BCUT2D eigenvalue weighted by Crippen LogP contribution is -2.26. The van der Waals surface area contributed by atoms with Crippen molar-refractivity contribution in [1.29, 1.82) is 0 Å². The number of carbonyl (C=O) groups excluding carboxylic acids is 1. The number of hydrogen-bond donors (Lipinski definition) is 1. The number of para-hydroxylation sites is 1. The van der Waals surface area contributed by atoms with E-state index < -0.39 is 0 Å². The van der Waals surface area contributed by atoms with Gasteiger partial charge in [-0.1, -0.05) is 23.7 Å². The Morgan fingerprint density at radius 1 is 1.44 bits per heavy atom. The second-order valence-electron chi connectivity index (χ2n) is 3.17. The molecule has 1 heterocycles. The SMILES string of the molecule is CN(C(=O)c1cn[nH]n1)c1ccccc1Cl. The highest BCUT2D eigenvalue weighted by molar-refractivity contribution is 6.34. The maximum absolute atomic E-state index is 11.9. The van der Waals surface area contributed by atoms with Crippen LogP contribution in [0.5, 0.6) is 0 Å². The van der Waals surface area contributed by atoms with Crippen LogP contribution < -0.4 is 4.90 Å². The smallest absolute Gasteiger partial charge is 0.280 e. The summed E-state index contributed by atoms with van der Waals surface area (Å²) in [5.74, 6) is -0.262. The fourth-order valence-corrected chi connectivity index (χ4v) is 1.57. The number of nitrogens with zero attached hydrogens (tertiary/aromatic N) is 3. The Bertz CT molecular complexity index is 497. The van der Waals surface area contributed by atoms with E-state index >= 15 is 0 Å². The molecule has 6 heteroatoms. The van der Waals surface area contributed by atoms with E-state index in [0.717, 1.165) is 0 Å². The fourth-order valence-electron chi connectivity index (χ4n) is 1.31. The molecule has 1 N–H and O–H groups in total. The minimum Gasteiger partial charge on any atom is -0.309 e. The van der Waals surface area contributed by atoms with E-state index in [1.165, 1.54) is 11.1 Å². The number of aromatic nitrogens is 3. The summed E-state index contributed by atoms with van der Waals surface area (Å²) in [4.78, 5) is 13.3. The number of hydrogen-bond acceptors (Lipinski definition) is 3. The fraction of sp³-hybridized carbons (Fsp3) is 0.100. The maximum atomic E-state index is 11.9. The van der Waals surface area contributed by atoms with Gasteiger partial charge < -0.3 is 4.90 Å².